The Kier molecular flexibility index (Phi) is 4.89. The van der Waals surface area contributed by atoms with Gasteiger partial charge in [-0.25, -0.2) is 0 Å². The molecule has 0 spiro atoms. The average Bonchev–Trinajstić information content (AvgIpc) is 2.60. The molecular weight excluding hydrogens is 304 g/mol. The van der Waals surface area contributed by atoms with Crippen molar-refractivity contribution in [2.45, 2.75) is 12.8 Å². The van der Waals surface area contributed by atoms with Crippen LogP contribution >= 0.6 is 0 Å². The molecule has 0 saturated carbocycles. The van der Waals surface area contributed by atoms with Crippen LogP contribution in [0.4, 0.5) is 11.4 Å². The summed E-state index contributed by atoms with van der Waals surface area (Å²) in [5.74, 6) is 1.61. The summed E-state index contributed by atoms with van der Waals surface area (Å²) in [5.41, 5.74) is 2.90. The normalized spacial score (nSPS) is 13.0. The van der Waals surface area contributed by atoms with Gasteiger partial charge >= 0.3 is 0 Å². The lowest BCUT2D eigenvalue weighted by Crippen LogP contribution is -2.28. The molecule has 0 radical (unpaired) electrons. The number of nitrogens with zero attached hydrogens (tertiary/aromatic N) is 1. The second-order valence-electron chi connectivity index (χ2n) is 5.85. The molecule has 1 aliphatic rings. The Hall–Kier alpha value is -2.69. The minimum atomic E-state index is -0.0121. The van der Waals surface area contributed by atoms with Crippen molar-refractivity contribution in [3.63, 3.8) is 0 Å². The summed E-state index contributed by atoms with van der Waals surface area (Å²) in [6, 6.07) is 13.6. The molecule has 2 aromatic carbocycles. The van der Waals surface area contributed by atoms with Gasteiger partial charge in [0.15, 0.2) is 0 Å². The molecule has 5 heteroatoms. The molecule has 0 bridgehead atoms. The Labute approximate surface area is 142 Å². The predicted octanol–water partition coefficient (Wildman–Crippen LogP) is 3.10. The maximum absolute atomic E-state index is 12.2. The second-order valence-corrected chi connectivity index (χ2v) is 5.85. The first-order valence-electron chi connectivity index (χ1n) is 8.06. The standard InChI is InChI=1S/C19H22N2O3/c1-21-10-11-24-18-13-15(7-8-17(18)21)20-19(22)9-6-14-4-3-5-16(12-14)23-2/h3-5,7-8,12-13H,6,9-11H2,1-2H3,(H,20,22). The summed E-state index contributed by atoms with van der Waals surface area (Å²) in [4.78, 5) is 14.3. The molecule has 2 aromatic rings. The molecule has 1 N–H and O–H groups in total. The minimum absolute atomic E-state index is 0.0121. The van der Waals surface area contributed by atoms with Gasteiger partial charge in [0.05, 0.1) is 19.3 Å². The van der Waals surface area contributed by atoms with E-state index < -0.39 is 0 Å². The number of ether oxygens (including phenoxy) is 2. The van der Waals surface area contributed by atoms with Crippen LogP contribution in [-0.4, -0.2) is 33.2 Å². The molecule has 1 amide bonds. The Bertz CT molecular complexity index is 730. The van der Waals surface area contributed by atoms with Crippen LogP contribution in [0.1, 0.15) is 12.0 Å². The van der Waals surface area contributed by atoms with Crippen LogP contribution in [0.3, 0.4) is 0 Å². The van der Waals surface area contributed by atoms with Crippen LogP contribution in [0.5, 0.6) is 11.5 Å². The Morgan fingerprint density at radius 3 is 3.00 bits per heavy atom. The van der Waals surface area contributed by atoms with Gasteiger partial charge in [0, 0.05) is 25.2 Å². The second kappa shape index (κ2) is 7.25. The number of carbonyl (C=O) groups is 1. The van der Waals surface area contributed by atoms with Crippen molar-refractivity contribution in [1.82, 2.24) is 0 Å². The number of methoxy groups -OCH3 is 1. The molecule has 1 heterocycles. The maximum Gasteiger partial charge on any atom is 0.224 e. The van der Waals surface area contributed by atoms with Crippen molar-refractivity contribution in [3.05, 3.63) is 48.0 Å². The number of benzene rings is 2. The lowest BCUT2D eigenvalue weighted by atomic mass is 10.1. The third-order valence-electron chi connectivity index (χ3n) is 4.11. The zero-order valence-electron chi connectivity index (χ0n) is 14.0. The third kappa shape index (κ3) is 3.79. The van der Waals surface area contributed by atoms with E-state index in [4.69, 9.17) is 9.47 Å². The Morgan fingerprint density at radius 1 is 1.29 bits per heavy atom. The molecule has 1 aliphatic heterocycles. The van der Waals surface area contributed by atoms with E-state index >= 15 is 0 Å². The summed E-state index contributed by atoms with van der Waals surface area (Å²) in [6.45, 7) is 1.54. The number of anilines is 2. The van der Waals surface area contributed by atoms with E-state index in [0.29, 0.717) is 19.4 Å². The SMILES string of the molecule is COc1cccc(CCC(=O)Nc2ccc3c(c2)OCCN3C)c1. The number of hydrogen-bond donors (Lipinski definition) is 1. The quantitative estimate of drug-likeness (QED) is 0.917. The fourth-order valence-electron chi connectivity index (χ4n) is 2.75. The van der Waals surface area contributed by atoms with Crippen LogP contribution in [0.25, 0.3) is 0 Å². The van der Waals surface area contributed by atoms with Gasteiger partial charge in [-0.3, -0.25) is 4.79 Å². The fourth-order valence-corrected chi connectivity index (χ4v) is 2.75. The monoisotopic (exact) mass is 326 g/mol. The maximum atomic E-state index is 12.2. The zero-order chi connectivity index (χ0) is 16.9. The van der Waals surface area contributed by atoms with Crippen molar-refractivity contribution >= 4 is 17.3 Å². The Balaban J connectivity index is 1.58. The van der Waals surface area contributed by atoms with E-state index in [9.17, 15) is 4.79 Å². The molecule has 24 heavy (non-hydrogen) atoms. The van der Waals surface area contributed by atoms with Crippen molar-refractivity contribution in [2.75, 3.05) is 37.5 Å². The number of hydrogen-bond acceptors (Lipinski definition) is 4. The molecule has 3 rings (SSSR count). The van der Waals surface area contributed by atoms with Crippen molar-refractivity contribution in [2.24, 2.45) is 0 Å². The van der Waals surface area contributed by atoms with Crippen LogP contribution in [-0.2, 0) is 11.2 Å². The largest absolute Gasteiger partial charge is 0.497 e. The topological polar surface area (TPSA) is 50.8 Å². The lowest BCUT2D eigenvalue weighted by Gasteiger charge is -2.27. The Morgan fingerprint density at radius 2 is 2.17 bits per heavy atom. The molecule has 0 aliphatic carbocycles. The molecule has 0 aromatic heterocycles. The van der Waals surface area contributed by atoms with E-state index in [2.05, 4.69) is 10.2 Å². The van der Waals surface area contributed by atoms with Crippen LogP contribution < -0.4 is 19.7 Å². The summed E-state index contributed by atoms with van der Waals surface area (Å²) in [5, 5.41) is 2.94. The molecular formula is C19H22N2O3. The van der Waals surface area contributed by atoms with Crippen LogP contribution in [0, 0.1) is 0 Å². The number of nitrogens with one attached hydrogen (secondary N) is 1. The van der Waals surface area contributed by atoms with Crippen LogP contribution in [0.2, 0.25) is 0 Å². The van der Waals surface area contributed by atoms with E-state index in [1.165, 1.54) is 0 Å². The van der Waals surface area contributed by atoms with E-state index in [1.54, 1.807) is 7.11 Å². The number of aryl methyl sites for hydroxylation is 1. The first-order chi connectivity index (χ1) is 11.7. The fraction of sp³-hybridized carbons (Fsp3) is 0.316. The van der Waals surface area contributed by atoms with Gasteiger partial charge in [-0.15, -0.1) is 0 Å². The van der Waals surface area contributed by atoms with Gasteiger partial charge < -0.3 is 19.7 Å². The smallest absolute Gasteiger partial charge is 0.224 e. The zero-order valence-corrected chi connectivity index (χ0v) is 14.0. The molecule has 0 fully saturated rings. The van der Waals surface area contributed by atoms with Gasteiger partial charge in [-0.05, 0) is 36.2 Å². The van der Waals surface area contributed by atoms with E-state index in [0.717, 1.165) is 35.0 Å². The van der Waals surface area contributed by atoms with Crippen LogP contribution in [0.15, 0.2) is 42.5 Å². The van der Waals surface area contributed by atoms with E-state index in [-0.39, 0.29) is 5.91 Å². The minimum Gasteiger partial charge on any atom is -0.497 e. The first-order valence-corrected chi connectivity index (χ1v) is 8.06. The number of amides is 1. The van der Waals surface area contributed by atoms with Crippen molar-refractivity contribution < 1.29 is 14.3 Å². The van der Waals surface area contributed by atoms with Crippen molar-refractivity contribution in [1.29, 1.82) is 0 Å². The summed E-state index contributed by atoms with van der Waals surface area (Å²) < 4.78 is 10.9. The highest BCUT2D eigenvalue weighted by atomic mass is 16.5. The highest BCUT2D eigenvalue weighted by molar-refractivity contribution is 5.91. The third-order valence-corrected chi connectivity index (χ3v) is 4.11. The predicted molar refractivity (Wildman–Crippen MR) is 95.2 cm³/mol. The highest BCUT2D eigenvalue weighted by Gasteiger charge is 2.15. The first kappa shape index (κ1) is 16.2. The molecule has 0 unspecified atom stereocenters. The van der Waals surface area contributed by atoms with Gasteiger partial charge in [-0.1, -0.05) is 12.1 Å². The molecule has 126 valence electrons. The average molecular weight is 326 g/mol. The molecule has 0 saturated heterocycles. The lowest BCUT2D eigenvalue weighted by molar-refractivity contribution is -0.116. The van der Waals surface area contributed by atoms with E-state index in [1.807, 2.05) is 49.5 Å². The summed E-state index contributed by atoms with van der Waals surface area (Å²) >= 11 is 0. The number of likely N-dealkylation sites (N-methyl/N-ethyl adjacent to an activating group) is 1. The highest BCUT2D eigenvalue weighted by Crippen LogP contribution is 2.33. The van der Waals surface area contributed by atoms with Gasteiger partial charge in [0.2, 0.25) is 5.91 Å². The summed E-state index contributed by atoms with van der Waals surface area (Å²) in [6.07, 6.45) is 1.10. The van der Waals surface area contributed by atoms with Crippen molar-refractivity contribution in [3.8, 4) is 11.5 Å². The number of carbonyl (C=O) groups excluding carboxylic acids is 1. The molecule has 5 nitrogen and oxygen atoms in total. The summed E-state index contributed by atoms with van der Waals surface area (Å²) in [7, 11) is 3.68. The van der Waals surface area contributed by atoms with Gasteiger partial charge in [0.25, 0.3) is 0 Å². The van der Waals surface area contributed by atoms with Gasteiger partial charge in [-0.2, -0.15) is 0 Å². The van der Waals surface area contributed by atoms with Gasteiger partial charge in [0.1, 0.15) is 18.1 Å². The number of rotatable bonds is 5. The number of fused-ring (bicyclic) bond motifs is 1. The molecule has 0 atom stereocenters.